The Morgan fingerprint density at radius 3 is 2.28 bits per heavy atom. The summed E-state index contributed by atoms with van der Waals surface area (Å²) in [4.78, 5) is 23.9. The number of unbranched alkanes of at least 4 members (excludes halogenated alkanes) is 1. The number of hydrogen-bond acceptors (Lipinski definition) is 5. The third kappa shape index (κ3) is 10.6. The maximum absolute atomic E-state index is 12.5. The van der Waals surface area contributed by atoms with Crippen LogP contribution in [-0.4, -0.2) is 40.1 Å². The molecule has 0 amide bonds. The first kappa shape index (κ1) is 37.1. The number of aliphatic imine (C=N–C) groups is 1. The summed E-state index contributed by atoms with van der Waals surface area (Å²) in [5.41, 5.74) is 21.6. The van der Waals surface area contributed by atoms with Crippen molar-refractivity contribution in [3.05, 3.63) is 91.6 Å². The average molecular weight is 670 g/mol. The Labute approximate surface area is 283 Å². The minimum absolute atomic E-state index is 0.0297. The molecule has 9 nitrogen and oxygen atoms in total. The van der Waals surface area contributed by atoms with E-state index in [9.17, 15) is 4.79 Å². The van der Waals surface area contributed by atoms with Gasteiger partial charge in [-0.2, -0.15) is 4.98 Å². The highest BCUT2D eigenvalue weighted by molar-refractivity contribution is 6.36. The van der Waals surface area contributed by atoms with E-state index in [1.165, 1.54) is 5.56 Å². The molecule has 46 heavy (non-hydrogen) atoms. The van der Waals surface area contributed by atoms with E-state index in [2.05, 4.69) is 67.9 Å². The molecule has 2 aromatic carbocycles. The highest BCUT2D eigenvalue weighted by Gasteiger charge is 2.22. The molecule has 4 aromatic rings. The van der Waals surface area contributed by atoms with Gasteiger partial charge in [0, 0.05) is 45.8 Å². The second kappa shape index (κ2) is 16.5. The van der Waals surface area contributed by atoms with E-state index in [4.69, 9.17) is 40.4 Å². The molecular weight excluding hydrogens is 619 g/mol. The zero-order valence-electron chi connectivity index (χ0n) is 28.0. The van der Waals surface area contributed by atoms with Crippen molar-refractivity contribution < 1.29 is 0 Å². The quantitative estimate of drug-likeness (QED) is 0.0714. The molecule has 0 bridgehead atoms. The molecule has 11 heteroatoms. The lowest BCUT2D eigenvalue weighted by molar-refractivity contribution is 0.574. The van der Waals surface area contributed by atoms with E-state index >= 15 is 0 Å². The van der Waals surface area contributed by atoms with E-state index < -0.39 is 0 Å². The van der Waals surface area contributed by atoms with Crippen LogP contribution in [0.4, 0.5) is 0 Å². The summed E-state index contributed by atoms with van der Waals surface area (Å²) in [5, 5.41) is 5.84. The van der Waals surface area contributed by atoms with Gasteiger partial charge in [-0.1, -0.05) is 82.9 Å². The predicted molar refractivity (Wildman–Crippen MR) is 195 cm³/mol. The first-order valence-corrected chi connectivity index (χ1v) is 16.5. The fourth-order valence-corrected chi connectivity index (χ4v) is 5.97. The number of aryl methyl sites for hydroxylation is 1. The standard InChI is InChI=1S/C21H29N7O.C14H21Cl2N/c1-21(2,3)17-11-15-13-28(20(29)27-18(15)26-17)16-7-5-14(6-8-16)12-24-9-4-10-25-19(22)23;1-14(2,3)12-11(15)8-7-10(13(12)16)6-4-5-9-17/h5-8,11,13,24H,4,9-10,12H2,1-3H3,(H4,22,23,25)(H,26,27,29);7-8H,4-6,9,17H2,1-3H3. The monoisotopic (exact) mass is 668 g/mol. The summed E-state index contributed by atoms with van der Waals surface area (Å²) in [6.07, 6.45) is 5.78. The third-order valence-electron chi connectivity index (χ3n) is 7.49. The molecule has 0 spiro atoms. The molecule has 8 N–H and O–H groups in total. The van der Waals surface area contributed by atoms with E-state index in [1.807, 2.05) is 42.6 Å². The Kier molecular flexibility index (Phi) is 13.3. The number of aromatic nitrogens is 3. The number of H-pyrrole nitrogens is 1. The van der Waals surface area contributed by atoms with E-state index in [0.717, 1.165) is 83.3 Å². The van der Waals surface area contributed by atoms with Gasteiger partial charge in [0.05, 0.1) is 5.69 Å². The number of fused-ring (bicyclic) bond motifs is 1. The maximum Gasteiger partial charge on any atom is 0.354 e. The number of halogens is 2. The van der Waals surface area contributed by atoms with Crippen LogP contribution in [0.2, 0.25) is 10.0 Å². The van der Waals surface area contributed by atoms with Crippen LogP contribution in [0.15, 0.2) is 58.4 Å². The van der Waals surface area contributed by atoms with Crippen molar-refractivity contribution in [2.24, 2.45) is 22.2 Å². The maximum atomic E-state index is 12.5. The lowest BCUT2D eigenvalue weighted by Gasteiger charge is -2.23. The number of benzene rings is 2. The van der Waals surface area contributed by atoms with Gasteiger partial charge in [0.2, 0.25) is 0 Å². The van der Waals surface area contributed by atoms with Crippen LogP contribution in [0.3, 0.4) is 0 Å². The van der Waals surface area contributed by atoms with Crippen LogP contribution in [0, 0.1) is 0 Å². The number of hydrogen-bond donors (Lipinski definition) is 5. The molecule has 4 rings (SSSR count). The smallest absolute Gasteiger partial charge is 0.354 e. The number of nitrogens with two attached hydrogens (primary N) is 3. The van der Waals surface area contributed by atoms with Crippen LogP contribution >= 0.6 is 23.2 Å². The fourth-order valence-electron chi connectivity index (χ4n) is 4.94. The zero-order chi connectivity index (χ0) is 34.1. The van der Waals surface area contributed by atoms with Crippen LogP contribution in [0.5, 0.6) is 0 Å². The summed E-state index contributed by atoms with van der Waals surface area (Å²) < 4.78 is 1.58. The second-order valence-corrected chi connectivity index (χ2v) is 14.3. The van der Waals surface area contributed by atoms with Crippen LogP contribution in [0.1, 0.15) is 83.2 Å². The van der Waals surface area contributed by atoms with Gasteiger partial charge in [-0.25, -0.2) is 4.79 Å². The lowest BCUT2D eigenvalue weighted by atomic mass is 9.85. The van der Waals surface area contributed by atoms with Crippen LogP contribution in [0.25, 0.3) is 16.7 Å². The molecule has 0 atom stereocenters. The molecule has 0 aliphatic heterocycles. The SMILES string of the molecule is CC(C)(C)c1c(Cl)ccc(CCCCN)c1Cl.CC(C)(C)c1cc2cn(-c3ccc(CNCCCN=C(N)N)cc3)c(=O)nc2[nH]1. The molecule has 2 heterocycles. The Bertz CT molecular complexity index is 1660. The minimum Gasteiger partial charge on any atom is -0.370 e. The molecule has 2 aromatic heterocycles. The predicted octanol–water partition coefficient (Wildman–Crippen LogP) is 6.34. The molecular formula is C35H50Cl2N8O. The van der Waals surface area contributed by atoms with Crippen molar-refractivity contribution in [1.82, 2.24) is 19.9 Å². The number of nitrogens with one attached hydrogen (secondary N) is 2. The molecule has 0 aliphatic carbocycles. The van der Waals surface area contributed by atoms with Gasteiger partial charge >= 0.3 is 5.69 Å². The van der Waals surface area contributed by atoms with E-state index in [-0.39, 0.29) is 22.5 Å². The van der Waals surface area contributed by atoms with Crippen molar-refractivity contribution in [3.8, 4) is 5.69 Å². The van der Waals surface area contributed by atoms with E-state index in [1.54, 1.807) is 4.57 Å². The zero-order valence-corrected chi connectivity index (χ0v) is 29.5. The van der Waals surface area contributed by atoms with Crippen molar-refractivity contribution in [2.45, 2.75) is 84.6 Å². The molecule has 0 unspecified atom stereocenters. The van der Waals surface area contributed by atoms with Gasteiger partial charge in [-0.15, -0.1) is 0 Å². The van der Waals surface area contributed by atoms with Crippen LogP contribution in [-0.2, 0) is 23.8 Å². The largest absolute Gasteiger partial charge is 0.370 e. The lowest BCUT2D eigenvalue weighted by Crippen LogP contribution is -2.23. The average Bonchev–Trinajstić information content (AvgIpc) is 3.39. The molecule has 0 saturated heterocycles. The Morgan fingerprint density at radius 1 is 0.978 bits per heavy atom. The van der Waals surface area contributed by atoms with Gasteiger partial charge in [-0.3, -0.25) is 9.56 Å². The minimum atomic E-state index is -0.301. The van der Waals surface area contributed by atoms with Gasteiger partial charge in [0.15, 0.2) is 5.96 Å². The second-order valence-electron chi connectivity index (χ2n) is 13.5. The van der Waals surface area contributed by atoms with Crippen molar-refractivity contribution in [1.29, 1.82) is 0 Å². The first-order valence-electron chi connectivity index (χ1n) is 15.8. The van der Waals surface area contributed by atoms with Gasteiger partial charge < -0.3 is 27.5 Å². The highest BCUT2D eigenvalue weighted by atomic mass is 35.5. The number of guanidine groups is 1. The topological polar surface area (TPSA) is 153 Å². The summed E-state index contributed by atoms with van der Waals surface area (Å²) in [5.74, 6) is 0.123. The first-order chi connectivity index (χ1) is 21.6. The van der Waals surface area contributed by atoms with E-state index in [0.29, 0.717) is 12.2 Å². The Morgan fingerprint density at radius 2 is 1.67 bits per heavy atom. The van der Waals surface area contributed by atoms with Crippen molar-refractivity contribution >= 4 is 40.2 Å². The fraction of sp³-hybridized carbons (Fsp3) is 0.457. The molecule has 0 fully saturated rings. The Balaban J connectivity index is 0.000000289. The number of nitrogens with zero attached hydrogens (tertiary/aromatic N) is 3. The summed E-state index contributed by atoms with van der Waals surface area (Å²) in [6, 6.07) is 13.9. The van der Waals surface area contributed by atoms with Gasteiger partial charge in [-0.05, 0) is 85.1 Å². The molecule has 0 aliphatic rings. The molecule has 0 radical (unpaired) electrons. The normalized spacial score (nSPS) is 11.8. The highest BCUT2D eigenvalue weighted by Crippen LogP contribution is 2.37. The summed E-state index contributed by atoms with van der Waals surface area (Å²) >= 11 is 12.7. The summed E-state index contributed by atoms with van der Waals surface area (Å²) in [6.45, 7) is 15.7. The van der Waals surface area contributed by atoms with Gasteiger partial charge in [0.25, 0.3) is 0 Å². The van der Waals surface area contributed by atoms with Crippen molar-refractivity contribution in [3.63, 3.8) is 0 Å². The third-order valence-corrected chi connectivity index (χ3v) is 8.23. The molecule has 0 saturated carbocycles. The van der Waals surface area contributed by atoms with Crippen LogP contribution < -0.4 is 28.2 Å². The summed E-state index contributed by atoms with van der Waals surface area (Å²) in [7, 11) is 0. The number of rotatable bonds is 11. The Hall–Kier alpha value is -3.37. The molecule has 250 valence electrons. The van der Waals surface area contributed by atoms with Crippen molar-refractivity contribution in [2.75, 3.05) is 19.6 Å². The number of aromatic amines is 1. The van der Waals surface area contributed by atoms with Gasteiger partial charge in [0.1, 0.15) is 5.65 Å².